The second-order valence-corrected chi connectivity index (χ2v) is 5.31. The van der Waals surface area contributed by atoms with E-state index in [0.29, 0.717) is 0 Å². The molecule has 20 heavy (non-hydrogen) atoms. The van der Waals surface area contributed by atoms with Gasteiger partial charge in [-0.25, -0.2) is 4.39 Å². The Morgan fingerprint density at radius 3 is 2.05 bits per heavy atom. The average Bonchev–Trinajstić information content (AvgIpc) is 2.46. The Kier molecular flexibility index (Phi) is 4.91. The molecule has 106 valence electrons. The van der Waals surface area contributed by atoms with Gasteiger partial charge in [0.25, 0.3) is 0 Å². The first kappa shape index (κ1) is 14.7. The second kappa shape index (κ2) is 6.67. The van der Waals surface area contributed by atoms with Crippen molar-refractivity contribution in [2.45, 2.75) is 39.3 Å². The van der Waals surface area contributed by atoms with E-state index in [0.717, 1.165) is 12.0 Å². The Labute approximate surface area is 120 Å². The van der Waals surface area contributed by atoms with Gasteiger partial charge in [-0.15, -0.1) is 0 Å². The summed E-state index contributed by atoms with van der Waals surface area (Å²) in [7, 11) is 0. The highest BCUT2D eigenvalue weighted by Crippen LogP contribution is 2.22. The van der Waals surface area contributed by atoms with Gasteiger partial charge in [0.05, 0.1) is 0 Å². The Morgan fingerprint density at radius 1 is 0.950 bits per heavy atom. The van der Waals surface area contributed by atoms with Crippen molar-refractivity contribution in [3.63, 3.8) is 0 Å². The van der Waals surface area contributed by atoms with E-state index in [1.807, 2.05) is 12.1 Å². The molecular weight excluding hydrogens is 249 g/mol. The highest BCUT2D eigenvalue weighted by atomic mass is 19.1. The van der Waals surface area contributed by atoms with Crippen LogP contribution in [0.4, 0.5) is 4.39 Å². The fourth-order valence-electron chi connectivity index (χ4n) is 2.40. The SMILES string of the molecule is CCC(N[C@@H](C)c1ccc(C)cc1)c1ccc(F)cc1. The first-order valence-corrected chi connectivity index (χ1v) is 7.18. The molecule has 0 fully saturated rings. The maximum Gasteiger partial charge on any atom is 0.123 e. The topological polar surface area (TPSA) is 12.0 Å². The number of aryl methyl sites for hydroxylation is 1. The van der Waals surface area contributed by atoms with Gasteiger partial charge in [0, 0.05) is 12.1 Å². The molecule has 2 atom stereocenters. The van der Waals surface area contributed by atoms with Crippen LogP contribution in [0.3, 0.4) is 0 Å². The predicted molar refractivity (Wildman–Crippen MR) is 82.2 cm³/mol. The largest absolute Gasteiger partial charge is 0.303 e. The molecule has 0 aromatic heterocycles. The van der Waals surface area contributed by atoms with Gasteiger partial charge in [-0.3, -0.25) is 0 Å². The fraction of sp³-hybridized carbons (Fsp3) is 0.333. The summed E-state index contributed by atoms with van der Waals surface area (Å²) in [5.74, 6) is -0.185. The summed E-state index contributed by atoms with van der Waals surface area (Å²) in [6, 6.07) is 15.9. The van der Waals surface area contributed by atoms with Crippen LogP contribution in [-0.4, -0.2) is 0 Å². The minimum atomic E-state index is -0.185. The Morgan fingerprint density at radius 2 is 1.50 bits per heavy atom. The minimum Gasteiger partial charge on any atom is -0.303 e. The van der Waals surface area contributed by atoms with Crippen molar-refractivity contribution < 1.29 is 4.39 Å². The summed E-state index contributed by atoms with van der Waals surface area (Å²) in [6.07, 6.45) is 0.974. The van der Waals surface area contributed by atoms with Gasteiger partial charge in [0.15, 0.2) is 0 Å². The molecule has 0 aliphatic rings. The van der Waals surface area contributed by atoms with Crippen LogP contribution in [0, 0.1) is 12.7 Å². The molecule has 0 aliphatic carbocycles. The smallest absolute Gasteiger partial charge is 0.123 e. The molecule has 0 bridgehead atoms. The zero-order valence-corrected chi connectivity index (χ0v) is 12.4. The Hall–Kier alpha value is -1.67. The van der Waals surface area contributed by atoms with Crippen LogP contribution < -0.4 is 5.32 Å². The number of benzene rings is 2. The lowest BCUT2D eigenvalue weighted by molar-refractivity contribution is 0.456. The van der Waals surface area contributed by atoms with Crippen LogP contribution in [0.2, 0.25) is 0 Å². The third kappa shape index (κ3) is 3.67. The number of hydrogen-bond donors (Lipinski definition) is 1. The average molecular weight is 271 g/mol. The van der Waals surface area contributed by atoms with E-state index in [4.69, 9.17) is 0 Å². The molecule has 2 rings (SSSR count). The van der Waals surface area contributed by atoms with E-state index in [2.05, 4.69) is 50.4 Å². The van der Waals surface area contributed by atoms with Crippen molar-refractivity contribution in [3.8, 4) is 0 Å². The molecule has 0 saturated heterocycles. The number of hydrogen-bond acceptors (Lipinski definition) is 1. The van der Waals surface area contributed by atoms with E-state index in [-0.39, 0.29) is 17.9 Å². The summed E-state index contributed by atoms with van der Waals surface area (Å²) in [4.78, 5) is 0. The molecule has 0 heterocycles. The van der Waals surface area contributed by atoms with Crippen LogP contribution >= 0.6 is 0 Å². The van der Waals surface area contributed by atoms with E-state index in [9.17, 15) is 4.39 Å². The maximum atomic E-state index is 13.0. The molecule has 0 amide bonds. The van der Waals surface area contributed by atoms with Crippen LogP contribution in [0.1, 0.15) is 49.0 Å². The van der Waals surface area contributed by atoms with E-state index < -0.39 is 0 Å². The molecule has 2 aromatic rings. The molecule has 2 heteroatoms. The van der Waals surface area contributed by atoms with Crippen molar-refractivity contribution in [3.05, 3.63) is 71.0 Å². The highest BCUT2D eigenvalue weighted by molar-refractivity contribution is 5.25. The first-order valence-electron chi connectivity index (χ1n) is 7.18. The molecule has 1 nitrogen and oxygen atoms in total. The molecule has 1 unspecified atom stereocenters. The van der Waals surface area contributed by atoms with Gasteiger partial charge < -0.3 is 5.32 Å². The third-order valence-corrected chi connectivity index (χ3v) is 3.71. The van der Waals surface area contributed by atoms with Crippen molar-refractivity contribution in [1.82, 2.24) is 5.32 Å². The molecule has 2 aromatic carbocycles. The summed E-state index contributed by atoms with van der Waals surface area (Å²) < 4.78 is 13.0. The van der Waals surface area contributed by atoms with Crippen LogP contribution in [0.25, 0.3) is 0 Å². The van der Waals surface area contributed by atoms with Crippen LogP contribution in [0.5, 0.6) is 0 Å². The lowest BCUT2D eigenvalue weighted by Gasteiger charge is -2.23. The van der Waals surface area contributed by atoms with E-state index in [1.54, 1.807) is 0 Å². The van der Waals surface area contributed by atoms with E-state index >= 15 is 0 Å². The van der Waals surface area contributed by atoms with Crippen molar-refractivity contribution in [2.24, 2.45) is 0 Å². The fourth-order valence-corrected chi connectivity index (χ4v) is 2.40. The lowest BCUT2D eigenvalue weighted by atomic mass is 10.0. The quantitative estimate of drug-likeness (QED) is 0.812. The Bertz CT molecular complexity index is 530. The highest BCUT2D eigenvalue weighted by Gasteiger charge is 2.13. The number of nitrogens with one attached hydrogen (secondary N) is 1. The standard InChI is InChI=1S/C18H22FN/c1-4-18(16-9-11-17(19)12-10-16)20-14(3)15-7-5-13(2)6-8-15/h5-12,14,18,20H,4H2,1-3H3/t14-,18?/m0/s1. The second-order valence-electron chi connectivity index (χ2n) is 5.31. The lowest BCUT2D eigenvalue weighted by Crippen LogP contribution is -2.24. The van der Waals surface area contributed by atoms with Gasteiger partial charge in [-0.05, 0) is 43.5 Å². The first-order chi connectivity index (χ1) is 9.60. The summed E-state index contributed by atoms with van der Waals surface area (Å²) >= 11 is 0. The van der Waals surface area contributed by atoms with Crippen molar-refractivity contribution in [2.75, 3.05) is 0 Å². The zero-order valence-electron chi connectivity index (χ0n) is 12.4. The van der Waals surface area contributed by atoms with Gasteiger partial charge >= 0.3 is 0 Å². The predicted octanol–water partition coefficient (Wildman–Crippen LogP) is 4.94. The summed E-state index contributed by atoms with van der Waals surface area (Å²) in [5.41, 5.74) is 3.68. The monoisotopic (exact) mass is 271 g/mol. The molecular formula is C18H22FN. The zero-order chi connectivity index (χ0) is 14.5. The van der Waals surface area contributed by atoms with Gasteiger partial charge in [-0.1, -0.05) is 48.9 Å². The van der Waals surface area contributed by atoms with E-state index in [1.165, 1.54) is 23.3 Å². The number of halogens is 1. The maximum absolute atomic E-state index is 13.0. The molecule has 1 N–H and O–H groups in total. The van der Waals surface area contributed by atoms with Gasteiger partial charge in [0.2, 0.25) is 0 Å². The minimum absolute atomic E-state index is 0.185. The van der Waals surface area contributed by atoms with Crippen LogP contribution in [0.15, 0.2) is 48.5 Å². The number of rotatable bonds is 5. The molecule has 0 radical (unpaired) electrons. The summed E-state index contributed by atoms with van der Waals surface area (Å²) in [6.45, 7) is 6.40. The van der Waals surface area contributed by atoms with Gasteiger partial charge in [-0.2, -0.15) is 0 Å². The molecule has 0 spiro atoms. The van der Waals surface area contributed by atoms with Crippen molar-refractivity contribution in [1.29, 1.82) is 0 Å². The normalized spacial score (nSPS) is 14.0. The van der Waals surface area contributed by atoms with Crippen LogP contribution in [-0.2, 0) is 0 Å². The Balaban J connectivity index is 2.09. The van der Waals surface area contributed by atoms with Gasteiger partial charge in [0.1, 0.15) is 5.82 Å². The molecule has 0 saturated carbocycles. The third-order valence-electron chi connectivity index (χ3n) is 3.71. The van der Waals surface area contributed by atoms with Crippen molar-refractivity contribution >= 4 is 0 Å². The molecule has 0 aliphatic heterocycles. The summed E-state index contributed by atoms with van der Waals surface area (Å²) in [5, 5.41) is 3.62.